The molecule has 1 aromatic carbocycles. The van der Waals surface area contributed by atoms with Gasteiger partial charge < -0.3 is 5.73 Å². The molecule has 1 aromatic rings. The van der Waals surface area contributed by atoms with E-state index in [9.17, 15) is 8.42 Å². The molecule has 0 spiro atoms. The van der Waals surface area contributed by atoms with E-state index >= 15 is 0 Å². The van der Waals surface area contributed by atoms with E-state index in [1.165, 1.54) is 0 Å². The lowest BCUT2D eigenvalue weighted by molar-refractivity contribution is 0.346. The summed E-state index contributed by atoms with van der Waals surface area (Å²) in [6.07, 6.45) is 2.97. The van der Waals surface area contributed by atoms with Crippen molar-refractivity contribution >= 4 is 27.2 Å². The smallest absolute Gasteiger partial charge is 0.243 e. The lowest BCUT2D eigenvalue weighted by Crippen LogP contribution is -2.35. The largest absolute Gasteiger partial charge is 0.389 e. The lowest BCUT2D eigenvalue weighted by atomic mass is 10.1. The van der Waals surface area contributed by atoms with Crippen molar-refractivity contribution in [3.05, 3.63) is 29.3 Å². The molecule has 2 rings (SSSR count). The summed E-state index contributed by atoms with van der Waals surface area (Å²) in [5, 5.41) is 0. The van der Waals surface area contributed by atoms with E-state index in [0.717, 1.165) is 30.4 Å². The van der Waals surface area contributed by atoms with E-state index in [1.807, 2.05) is 6.92 Å². The van der Waals surface area contributed by atoms with Gasteiger partial charge in [-0.25, -0.2) is 8.42 Å². The molecule has 0 radical (unpaired) electrons. The fraction of sp³-hybridized carbons (Fsp3) is 0.462. The van der Waals surface area contributed by atoms with Crippen LogP contribution in [0.3, 0.4) is 0 Å². The second kappa shape index (κ2) is 5.56. The van der Waals surface area contributed by atoms with Crippen molar-refractivity contribution in [3.8, 4) is 0 Å². The Morgan fingerprint density at radius 2 is 1.89 bits per heavy atom. The van der Waals surface area contributed by atoms with Crippen molar-refractivity contribution in [1.82, 2.24) is 4.31 Å². The van der Waals surface area contributed by atoms with Gasteiger partial charge in [-0.05, 0) is 37.5 Å². The van der Waals surface area contributed by atoms with E-state index in [2.05, 4.69) is 0 Å². The summed E-state index contributed by atoms with van der Waals surface area (Å²) < 4.78 is 26.5. The summed E-state index contributed by atoms with van der Waals surface area (Å²) >= 11 is 4.93. The lowest BCUT2D eigenvalue weighted by Gasteiger charge is -2.26. The van der Waals surface area contributed by atoms with Crippen molar-refractivity contribution in [3.63, 3.8) is 0 Å². The molecule has 19 heavy (non-hydrogen) atoms. The van der Waals surface area contributed by atoms with Gasteiger partial charge in [0.05, 0.1) is 4.90 Å². The number of sulfonamides is 1. The zero-order chi connectivity index (χ0) is 14.0. The molecule has 4 nitrogen and oxygen atoms in total. The number of piperidine rings is 1. The standard InChI is InChI=1S/C13H18N2O2S2/c1-10-9-11(5-6-12(10)13(14)18)19(16,17)15-7-3-2-4-8-15/h5-6,9H,2-4,7-8H2,1H3,(H2,14,18). The first kappa shape index (κ1) is 14.4. The number of thiocarbonyl (C=S) groups is 1. The molecule has 1 aliphatic heterocycles. The molecule has 0 atom stereocenters. The molecule has 1 aliphatic rings. The molecule has 1 heterocycles. The van der Waals surface area contributed by atoms with Gasteiger partial charge in [-0.3, -0.25) is 0 Å². The fourth-order valence-corrected chi connectivity index (χ4v) is 4.16. The van der Waals surface area contributed by atoms with Gasteiger partial charge in [0.1, 0.15) is 4.99 Å². The first-order valence-corrected chi connectivity index (χ1v) is 8.18. The molecular formula is C13H18N2O2S2. The average Bonchev–Trinajstić information content (AvgIpc) is 2.39. The Bertz CT molecular complexity index is 591. The molecule has 1 saturated heterocycles. The van der Waals surface area contributed by atoms with Crippen molar-refractivity contribution in [1.29, 1.82) is 0 Å². The van der Waals surface area contributed by atoms with E-state index in [4.69, 9.17) is 18.0 Å². The van der Waals surface area contributed by atoms with Crippen LogP contribution in [0.25, 0.3) is 0 Å². The van der Waals surface area contributed by atoms with Crippen LogP contribution >= 0.6 is 12.2 Å². The number of nitrogens with two attached hydrogens (primary N) is 1. The number of nitrogens with zero attached hydrogens (tertiary/aromatic N) is 1. The highest BCUT2D eigenvalue weighted by atomic mass is 32.2. The highest BCUT2D eigenvalue weighted by Gasteiger charge is 2.26. The van der Waals surface area contributed by atoms with Crippen molar-refractivity contribution in [2.75, 3.05) is 13.1 Å². The van der Waals surface area contributed by atoms with Gasteiger partial charge in [-0.15, -0.1) is 0 Å². The summed E-state index contributed by atoms with van der Waals surface area (Å²) in [4.78, 5) is 0.617. The maximum Gasteiger partial charge on any atom is 0.243 e. The maximum atomic E-state index is 12.5. The third-order valence-corrected chi connectivity index (χ3v) is 5.53. The van der Waals surface area contributed by atoms with Crippen LogP contribution in [0, 0.1) is 6.92 Å². The van der Waals surface area contributed by atoms with Gasteiger partial charge in [0.2, 0.25) is 10.0 Å². The SMILES string of the molecule is Cc1cc(S(=O)(=O)N2CCCCC2)ccc1C(N)=S. The van der Waals surface area contributed by atoms with E-state index < -0.39 is 10.0 Å². The molecule has 6 heteroatoms. The molecule has 1 fully saturated rings. The number of benzene rings is 1. The summed E-state index contributed by atoms with van der Waals surface area (Å²) in [6, 6.07) is 4.93. The van der Waals surface area contributed by atoms with Crippen molar-refractivity contribution in [2.24, 2.45) is 5.73 Å². The summed E-state index contributed by atoms with van der Waals surface area (Å²) in [5.41, 5.74) is 7.11. The van der Waals surface area contributed by atoms with Crippen LogP contribution in [0.15, 0.2) is 23.1 Å². The fourth-order valence-electron chi connectivity index (χ4n) is 2.33. The van der Waals surface area contributed by atoms with Crippen molar-refractivity contribution in [2.45, 2.75) is 31.1 Å². The Morgan fingerprint density at radius 1 is 1.26 bits per heavy atom. The van der Waals surface area contributed by atoms with Crippen LogP contribution in [0.1, 0.15) is 30.4 Å². The highest BCUT2D eigenvalue weighted by molar-refractivity contribution is 7.89. The predicted octanol–water partition coefficient (Wildman–Crippen LogP) is 1.80. The topological polar surface area (TPSA) is 63.4 Å². The Kier molecular flexibility index (Phi) is 4.23. The van der Waals surface area contributed by atoms with E-state index in [0.29, 0.717) is 23.0 Å². The monoisotopic (exact) mass is 298 g/mol. The quantitative estimate of drug-likeness (QED) is 0.864. The Hall–Kier alpha value is -0.980. The molecule has 0 aliphatic carbocycles. The van der Waals surface area contributed by atoms with E-state index in [-0.39, 0.29) is 0 Å². The zero-order valence-electron chi connectivity index (χ0n) is 10.9. The molecule has 0 amide bonds. The van der Waals surface area contributed by atoms with Gasteiger partial charge in [-0.2, -0.15) is 4.31 Å². The molecule has 104 valence electrons. The molecule has 0 saturated carbocycles. The Morgan fingerprint density at radius 3 is 2.42 bits per heavy atom. The van der Waals surface area contributed by atoms with Gasteiger partial charge in [0, 0.05) is 18.7 Å². The molecule has 0 unspecified atom stereocenters. The van der Waals surface area contributed by atoms with Crippen LogP contribution in [-0.2, 0) is 10.0 Å². The second-order valence-electron chi connectivity index (χ2n) is 4.81. The maximum absolute atomic E-state index is 12.5. The van der Waals surface area contributed by atoms with Crippen LogP contribution in [-0.4, -0.2) is 30.8 Å². The van der Waals surface area contributed by atoms with Gasteiger partial charge in [0.15, 0.2) is 0 Å². The zero-order valence-corrected chi connectivity index (χ0v) is 12.6. The first-order chi connectivity index (χ1) is 8.93. The van der Waals surface area contributed by atoms with Gasteiger partial charge >= 0.3 is 0 Å². The van der Waals surface area contributed by atoms with E-state index in [1.54, 1.807) is 22.5 Å². The van der Waals surface area contributed by atoms with Crippen LogP contribution in [0.5, 0.6) is 0 Å². The second-order valence-corrected chi connectivity index (χ2v) is 7.18. The molecule has 2 N–H and O–H groups in total. The minimum absolute atomic E-state index is 0.291. The third kappa shape index (κ3) is 2.96. The van der Waals surface area contributed by atoms with Crippen molar-refractivity contribution < 1.29 is 8.42 Å². The number of rotatable bonds is 3. The number of hydrogen-bond donors (Lipinski definition) is 1. The minimum atomic E-state index is -3.38. The van der Waals surface area contributed by atoms with Gasteiger partial charge in [0.25, 0.3) is 0 Å². The van der Waals surface area contributed by atoms with Crippen LogP contribution in [0.2, 0.25) is 0 Å². The molecule has 0 bridgehead atoms. The highest BCUT2D eigenvalue weighted by Crippen LogP contribution is 2.22. The number of hydrogen-bond acceptors (Lipinski definition) is 3. The Balaban J connectivity index is 2.35. The normalized spacial score (nSPS) is 17.3. The van der Waals surface area contributed by atoms with Gasteiger partial charge in [-0.1, -0.05) is 24.7 Å². The minimum Gasteiger partial charge on any atom is -0.389 e. The number of aryl methyl sites for hydroxylation is 1. The summed E-state index contributed by atoms with van der Waals surface area (Å²) in [7, 11) is -3.38. The summed E-state index contributed by atoms with van der Waals surface area (Å²) in [5.74, 6) is 0. The average molecular weight is 298 g/mol. The molecule has 0 aromatic heterocycles. The predicted molar refractivity (Wildman–Crippen MR) is 79.7 cm³/mol. The first-order valence-electron chi connectivity index (χ1n) is 6.33. The molecular weight excluding hydrogens is 280 g/mol. The van der Waals surface area contributed by atoms with Crippen LogP contribution < -0.4 is 5.73 Å². The third-order valence-electron chi connectivity index (χ3n) is 3.42. The van der Waals surface area contributed by atoms with Crippen LogP contribution in [0.4, 0.5) is 0 Å². The summed E-state index contributed by atoms with van der Waals surface area (Å²) in [6.45, 7) is 3.04. The Labute approximate surface area is 119 Å².